The van der Waals surface area contributed by atoms with Crippen LogP contribution in [0.5, 0.6) is 0 Å². The third-order valence-corrected chi connectivity index (χ3v) is 5.54. The van der Waals surface area contributed by atoms with Crippen LogP contribution in [0.1, 0.15) is 36.8 Å². The van der Waals surface area contributed by atoms with E-state index in [1.165, 1.54) is 12.3 Å². The summed E-state index contributed by atoms with van der Waals surface area (Å²) < 4.78 is 14.8. The highest BCUT2D eigenvalue weighted by atomic mass is 19.1. The molecule has 0 spiro atoms. The summed E-state index contributed by atoms with van der Waals surface area (Å²) in [5.74, 6) is -0.410. The number of amides is 1. The van der Waals surface area contributed by atoms with Crippen LogP contribution in [0.25, 0.3) is 11.3 Å². The quantitative estimate of drug-likeness (QED) is 0.339. The number of hydrogen-bond donors (Lipinski definition) is 1. The molecule has 1 aromatic heterocycles. The van der Waals surface area contributed by atoms with Crippen molar-refractivity contribution in [1.29, 1.82) is 0 Å². The van der Waals surface area contributed by atoms with Gasteiger partial charge < -0.3 is 10.2 Å². The number of nitrogens with zero attached hydrogens (tertiary/aromatic N) is 3. The lowest BCUT2D eigenvalue weighted by Crippen LogP contribution is -2.37. The van der Waals surface area contributed by atoms with Gasteiger partial charge >= 0.3 is 0 Å². The lowest BCUT2D eigenvalue weighted by atomic mass is 10.0. The predicted octanol–water partition coefficient (Wildman–Crippen LogP) is 6.63. The molecule has 34 heavy (non-hydrogen) atoms. The highest BCUT2D eigenvalue weighted by Crippen LogP contribution is 2.28. The second kappa shape index (κ2) is 10.3. The number of aryl methyl sites for hydroxylation is 1. The van der Waals surface area contributed by atoms with E-state index < -0.39 is 5.82 Å². The van der Waals surface area contributed by atoms with Gasteiger partial charge in [0.05, 0.1) is 11.3 Å². The Morgan fingerprint density at radius 2 is 1.68 bits per heavy atom. The molecule has 0 aliphatic carbocycles. The maximum absolute atomic E-state index is 14.8. The highest BCUT2D eigenvalue weighted by Gasteiger charge is 2.25. The number of aromatic nitrogens is 2. The molecular formula is C28H29FN4O. The number of carbonyl (C=O) groups excluding carboxylic acids is 1. The fourth-order valence-corrected chi connectivity index (χ4v) is 3.65. The molecule has 1 heterocycles. The Labute approximate surface area is 200 Å². The molecule has 0 radical (unpaired) electrons. The first kappa shape index (κ1) is 23.1. The Morgan fingerprint density at radius 1 is 1.00 bits per heavy atom. The van der Waals surface area contributed by atoms with Gasteiger partial charge in [-0.3, -0.25) is 4.79 Å². The summed E-state index contributed by atoms with van der Waals surface area (Å²) in [4.78, 5) is 24.4. The Hall–Kier alpha value is -4.06. The molecule has 0 unspecified atom stereocenters. The first-order valence-corrected chi connectivity index (χ1v) is 11.2. The van der Waals surface area contributed by atoms with Gasteiger partial charge in [0.25, 0.3) is 5.91 Å². The fourth-order valence-electron chi connectivity index (χ4n) is 3.65. The lowest BCUT2D eigenvalue weighted by molar-refractivity contribution is 0.0690. The number of anilines is 2. The largest absolute Gasteiger partial charge is 0.332 e. The van der Waals surface area contributed by atoms with E-state index in [0.29, 0.717) is 6.54 Å². The topological polar surface area (TPSA) is 58.1 Å². The van der Waals surface area contributed by atoms with Gasteiger partial charge in [0, 0.05) is 31.5 Å². The molecule has 4 aromatic rings. The SMILES string of the molecule is Cc1ccc(Nc2ncc(C(=O)N(Cc3ccccc3)C(C)C)c(-c3ccccc3F)n2)cc1.[HH]. The van der Waals surface area contributed by atoms with Gasteiger partial charge in [0.2, 0.25) is 5.95 Å². The Bertz CT molecular complexity index is 1280. The molecule has 174 valence electrons. The van der Waals surface area contributed by atoms with E-state index in [0.717, 1.165) is 16.8 Å². The Morgan fingerprint density at radius 3 is 2.35 bits per heavy atom. The Balaban J connectivity index is 0.00000342. The zero-order valence-corrected chi connectivity index (χ0v) is 19.5. The average Bonchev–Trinajstić information content (AvgIpc) is 2.84. The smallest absolute Gasteiger partial charge is 0.258 e. The van der Waals surface area contributed by atoms with Crippen LogP contribution in [-0.4, -0.2) is 26.8 Å². The van der Waals surface area contributed by atoms with Crippen molar-refractivity contribution in [3.8, 4) is 11.3 Å². The lowest BCUT2D eigenvalue weighted by Gasteiger charge is -2.27. The molecule has 4 rings (SSSR count). The number of halogens is 1. The second-order valence-corrected chi connectivity index (χ2v) is 8.44. The van der Waals surface area contributed by atoms with E-state index in [-0.39, 0.29) is 36.1 Å². The zero-order chi connectivity index (χ0) is 24.1. The Kier molecular flexibility index (Phi) is 6.97. The van der Waals surface area contributed by atoms with E-state index in [4.69, 9.17) is 0 Å². The predicted molar refractivity (Wildman–Crippen MR) is 135 cm³/mol. The van der Waals surface area contributed by atoms with Gasteiger partial charge in [-0.25, -0.2) is 14.4 Å². The monoisotopic (exact) mass is 456 g/mol. The van der Waals surface area contributed by atoms with Gasteiger partial charge in [-0.1, -0.05) is 60.2 Å². The summed E-state index contributed by atoms with van der Waals surface area (Å²) in [5.41, 5.74) is 3.71. The molecule has 0 saturated carbocycles. The highest BCUT2D eigenvalue weighted by molar-refractivity contribution is 6.00. The van der Waals surface area contributed by atoms with Gasteiger partial charge in [-0.15, -0.1) is 0 Å². The molecule has 0 atom stereocenters. The summed E-state index contributed by atoms with van der Waals surface area (Å²) in [6.07, 6.45) is 1.48. The van der Waals surface area contributed by atoms with Gasteiger partial charge in [-0.05, 0) is 50.6 Å². The maximum atomic E-state index is 14.8. The molecule has 0 aliphatic rings. The van der Waals surface area contributed by atoms with Crippen molar-refractivity contribution in [1.82, 2.24) is 14.9 Å². The molecule has 1 amide bonds. The summed E-state index contributed by atoms with van der Waals surface area (Å²) in [6.45, 7) is 6.35. The first-order valence-electron chi connectivity index (χ1n) is 11.2. The average molecular weight is 457 g/mol. The van der Waals surface area contributed by atoms with Gasteiger partial charge in [0.15, 0.2) is 0 Å². The molecule has 1 N–H and O–H groups in total. The fraction of sp³-hybridized carbons (Fsp3) is 0.179. The molecule has 0 aliphatic heterocycles. The van der Waals surface area contributed by atoms with Crippen molar-refractivity contribution >= 4 is 17.5 Å². The first-order chi connectivity index (χ1) is 16.4. The minimum Gasteiger partial charge on any atom is -0.332 e. The third kappa shape index (κ3) is 5.29. The van der Waals surface area contributed by atoms with Crippen molar-refractivity contribution in [2.75, 3.05) is 5.32 Å². The van der Waals surface area contributed by atoms with Crippen LogP contribution in [0.15, 0.2) is 85.1 Å². The van der Waals surface area contributed by atoms with E-state index in [1.807, 2.05) is 75.4 Å². The van der Waals surface area contributed by atoms with Crippen LogP contribution in [-0.2, 0) is 6.54 Å². The molecular weight excluding hydrogens is 427 g/mol. The van der Waals surface area contributed by atoms with Crippen LogP contribution in [0.3, 0.4) is 0 Å². The number of hydrogen-bond acceptors (Lipinski definition) is 4. The van der Waals surface area contributed by atoms with Crippen molar-refractivity contribution in [2.45, 2.75) is 33.4 Å². The minimum atomic E-state index is -0.448. The molecule has 5 nitrogen and oxygen atoms in total. The normalized spacial score (nSPS) is 10.9. The summed E-state index contributed by atoms with van der Waals surface area (Å²) in [6, 6.07) is 23.8. The van der Waals surface area contributed by atoms with E-state index in [1.54, 1.807) is 23.1 Å². The molecule has 3 aromatic carbocycles. The third-order valence-electron chi connectivity index (χ3n) is 5.54. The molecule has 0 bridgehead atoms. The second-order valence-electron chi connectivity index (χ2n) is 8.44. The number of benzene rings is 3. The van der Waals surface area contributed by atoms with Crippen molar-refractivity contribution in [3.05, 3.63) is 108 Å². The molecule has 6 heteroatoms. The van der Waals surface area contributed by atoms with Gasteiger partial charge in [-0.2, -0.15) is 0 Å². The number of carbonyl (C=O) groups is 1. The van der Waals surface area contributed by atoms with Crippen LogP contribution in [0, 0.1) is 12.7 Å². The van der Waals surface area contributed by atoms with Crippen molar-refractivity contribution in [2.24, 2.45) is 0 Å². The van der Waals surface area contributed by atoms with E-state index in [2.05, 4.69) is 15.3 Å². The van der Waals surface area contributed by atoms with Crippen LogP contribution >= 0.6 is 0 Å². The summed E-state index contributed by atoms with van der Waals surface area (Å²) in [7, 11) is 0. The van der Waals surface area contributed by atoms with Crippen molar-refractivity contribution < 1.29 is 10.6 Å². The standard InChI is InChI=1S/C28H27FN4O.H2/c1-19(2)33(18-21-9-5-4-6-10-21)27(34)24-17-30-28(31-22-15-13-20(3)14-16-22)32-26(24)23-11-7-8-12-25(23)29;/h4-17,19H,18H2,1-3H3,(H,30,31,32);1H. The van der Waals surface area contributed by atoms with Crippen LogP contribution < -0.4 is 5.32 Å². The van der Waals surface area contributed by atoms with Crippen molar-refractivity contribution in [3.63, 3.8) is 0 Å². The van der Waals surface area contributed by atoms with Crippen LogP contribution in [0.2, 0.25) is 0 Å². The molecule has 0 saturated heterocycles. The van der Waals surface area contributed by atoms with Gasteiger partial charge in [0.1, 0.15) is 5.82 Å². The number of nitrogens with one attached hydrogen (secondary N) is 1. The minimum absolute atomic E-state index is 0. The summed E-state index contributed by atoms with van der Waals surface area (Å²) in [5, 5.41) is 3.15. The molecule has 0 fully saturated rings. The number of rotatable bonds is 7. The van der Waals surface area contributed by atoms with E-state index >= 15 is 0 Å². The zero-order valence-electron chi connectivity index (χ0n) is 19.5. The van der Waals surface area contributed by atoms with E-state index in [9.17, 15) is 9.18 Å². The maximum Gasteiger partial charge on any atom is 0.258 e. The summed E-state index contributed by atoms with van der Waals surface area (Å²) >= 11 is 0. The van der Waals surface area contributed by atoms with Crippen LogP contribution in [0.4, 0.5) is 16.0 Å².